The number of alkyl carbamates (subject to hydrolysis) is 1. The van der Waals surface area contributed by atoms with E-state index in [1.165, 1.54) is 29.2 Å². The molecule has 0 aliphatic heterocycles. The van der Waals surface area contributed by atoms with Crippen LogP contribution in [-0.2, 0) is 9.53 Å². The van der Waals surface area contributed by atoms with Crippen molar-refractivity contribution in [1.29, 1.82) is 0 Å². The van der Waals surface area contributed by atoms with Crippen molar-refractivity contribution in [2.75, 3.05) is 18.5 Å². The third-order valence-electron chi connectivity index (χ3n) is 5.25. The fourth-order valence-corrected chi connectivity index (χ4v) is 3.87. The zero-order chi connectivity index (χ0) is 21.6. The molecule has 1 aliphatic rings. The summed E-state index contributed by atoms with van der Waals surface area (Å²) in [7, 11) is 0. The molecular formula is C26H24N2O3. The summed E-state index contributed by atoms with van der Waals surface area (Å²) in [6, 6.07) is 24.0. The number of fused-ring (bicyclic) bond motifs is 3. The van der Waals surface area contributed by atoms with Gasteiger partial charge in [0.1, 0.15) is 6.61 Å². The molecule has 0 aromatic heterocycles. The van der Waals surface area contributed by atoms with E-state index < -0.39 is 6.09 Å². The first-order chi connectivity index (χ1) is 15.1. The molecule has 0 bridgehead atoms. The van der Waals surface area contributed by atoms with Gasteiger partial charge in [-0.05, 0) is 39.9 Å². The summed E-state index contributed by atoms with van der Waals surface area (Å²) in [4.78, 5) is 23.2. The summed E-state index contributed by atoms with van der Waals surface area (Å²) in [6.07, 6.45) is 3.32. The molecular weight excluding hydrogens is 388 g/mol. The Hall–Kier alpha value is -3.86. The van der Waals surface area contributed by atoms with Crippen LogP contribution < -0.4 is 10.6 Å². The summed E-state index contributed by atoms with van der Waals surface area (Å²) < 4.78 is 5.52. The molecule has 4 rings (SSSR count). The van der Waals surface area contributed by atoms with E-state index in [2.05, 4.69) is 34.9 Å². The number of hydrogen-bond acceptors (Lipinski definition) is 3. The van der Waals surface area contributed by atoms with Gasteiger partial charge in [0, 0.05) is 25.1 Å². The average Bonchev–Trinajstić information content (AvgIpc) is 3.10. The molecule has 0 saturated carbocycles. The predicted octanol–water partition coefficient (Wildman–Crippen LogP) is 5.20. The second-order valence-electron chi connectivity index (χ2n) is 7.41. The zero-order valence-corrected chi connectivity index (χ0v) is 17.3. The molecule has 156 valence electrons. The van der Waals surface area contributed by atoms with Crippen LogP contribution in [0.4, 0.5) is 10.5 Å². The molecule has 0 atom stereocenters. The Labute approximate surface area is 181 Å². The van der Waals surface area contributed by atoms with Crippen molar-refractivity contribution in [1.82, 2.24) is 5.32 Å². The van der Waals surface area contributed by atoms with Crippen LogP contribution in [-0.4, -0.2) is 25.2 Å². The maximum Gasteiger partial charge on any atom is 0.407 e. The molecule has 5 heteroatoms. The van der Waals surface area contributed by atoms with Crippen molar-refractivity contribution >= 4 is 23.8 Å². The number of amides is 2. The van der Waals surface area contributed by atoms with E-state index >= 15 is 0 Å². The van der Waals surface area contributed by atoms with E-state index in [9.17, 15) is 9.59 Å². The van der Waals surface area contributed by atoms with Gasteiger partial charge in [0.15, 0.2) is 0 Å². The summed E-state index contributed by atoms with van der Waals surface area (Å²) in [5.41, 5.74) is 6.53. The van der Waals surface area contributed by atoms with Crippen LogP contribution in [0.1, 0.15) is 29.5 Å². The Morgan fingerprint density at radius 2 is 1.52 bits per heavy atom. The van der Waals surface area contributed by atoms with Gasteiger partial charge in [-0.3, -0.25) is 4.79 Å². The van der Waals surface area contributed by atoms with Gasteiger partial charge >= 0.3 is 6.09 Å². The average molecular weight is 412 g/mol. The molecule has 0 fully saturated rings. The van der Waals surface area contributed by atoms with Crippen molar-refractivity contribution in [2.24, 2.45) is 0 Å². The third kappa shape index (κ3) is 4.83. The van der Waals surface area contributed by atoms with Crippen LogP contribution in [0, 0.1) is 0 Å². The lowest BCUT2D eigenvalue weighted by Crippen LogP contribution is -2.26. The van der Waals surface area contributed by atoms with Gasteiger partial charge < -0.3 is 15.4 Å². The van der Waals surface area contributed by atoms with Crippen molar-refractivity contribution < 1.29 is 14.3 Å². The molecule has 5 nitrogen and oxygen atoms in total. The summed E-state index contributed by atoms with van der Waals surface area (Å²) in [5, 5.41) is 5.48. The van der Waals surface area contributed by atoms with Crippen molar-refractivity contribution in [3.05, 3.63) is 95.6 Å². The van der Waals surface area contributed by atoms with E-state index in [4.69, 9.17) is 4.74 Å². The second-order valence-corrected chi connectivity index (χ2v) is 7.41. The van der Waals surface area contributed by atoms with Gasteiger partial charge in [-0.1, -0.05) is 72.8 Å². The Morgan fingerprint density at radius 1 is 0.903 bits per heavy atom. The number of carbonyl (C=O) groups excluding carboxylic acids is 2. The first kappa shape index (κ1) is 20.4. The number of ether oxygens (including phenoxy) is 1. The van der Waals surface area contributed by atoms with Crippen LogP contribution in [0.25, 0.3) is 17.2 Å². The highest BCUT2D eigenvalue weighted by atomic mass is 16.5. The molecule has 0 saturated heterocycles. The third-order valence-corrected chi connectivity index (χ3v) is 5.25. The fraction of sp³-hybridized carbons (Fsp3) is 0.154. The highest BCUT2D eigenvalue weighted by Gasteiger charge is 2.28. The molecule has 2 N–H and O–H groups in total. The quantitative estimate of drug-likeness (QED) is 0.585. The Balaban J connectivity index is 1.28. The number of rotatable bonds is 6. The maximum absolute atomic E-state index is 12.2. The smallest absolute Gasteiger partial charge is 0.407 e. The molecule has 31 heavy (non-hydrogen) atoms. The topological polar surface area (TPSA) is 67.4 Å². The molecule has 1 aliphatic carbocycles. The van der Waals surface area contributed by atoms with Crippen LogP contribution in [0.3, 0.4) is 0 Å². The second kappa shape index (κ2) is 9.30. The molecule has 3 aromatic rings. The van der Waals surface area contributed by atoms with Gasteiger partial charge in [0.2, 0.25) is 5.91 Å². The van der Waals surface area contributed by atoms with Gasteiger partial charge in [-0.2, -0.15) is 0 Å². The molecule has 3 aromatic carbocycles. The minimum atomic E-state index is -0.437. The monoisotopic (exact) mass is 412 g/mol. The highest BCUT2D eigenvalue weighted by Crippen LogP contribution is 2.44. The predicted molar refractivity (Wildman–Crippen MR) is 123 cm³/mol. The SMILES string of the molecule is CC(=O)Nc1ccc(C=CCNC(=O)OCC2c3ccccc3-c3ccccc32)cc1. The lowest BCUT2D eigenvalue weighted by molar-refractivity contribution is -0.114. The Kier molecular flexibility index (Phi) is 6.13. The van der Waals surface area contributed by atoms with Gasteiger partial charge in [-0.25, -0.2) is 4.79 Å². The minimum absolute atomic E-state index is 0.0517. The molecule has 0 heterocycles. The van der Waals surface area contributed by atoms with Crippen LogP contribution in [0.5, 0.6) is 0 Å². The van der Waals surface area contributed by atoms with Crippen molar-refractivity contribution in [2.45, 2.75) is 12.8 Å². The highest BCUT2D eigenvalue weighted by molar-refractivity contribution is 5.88. The van der Waals surface area contributed by atoms with Crippen molar-refractivity contribution in [3.8, 4) is 11.1 Å². The minimum Gasteiger partial charge on any atom is -0.449 e. The van der Waals surface area contributed by atoms with E-state index in [1.54, 1.807) is 0 Å². The molecule has 0 radical (unpaired) electrons. The van der Waals surface area contributed by atoms with Crippen LogP contribution in [0.15, 0.2) is 78.9 Å². The first-order valence-electron chi connectivity index (χ1n) is 10.2. The number of benzene rings is 3. The normalized spacial score (nSPS) is 12.3. The van der Waals surface area contributed by atoms with Crippen LogP contribution >= 0.6 is 0 Å². The van der Waals surface area contributed by atoms with E-state index in [0.29, 0.717) is 13.2 Å². The number of carbonyl (C=O) groups is 2. The summed E-state index contributed by atoms with van der Waals surface area (Å²) in [5.74, 6) is -0.0496. The standard InChI is InChI=1S/C26H24N2O3/c1-18(29)28-20-14-12-19(13-15-20)7-6-16-27-26(30)31-17-25-23-10-4-2-8-21(23)22-9-3-5-11-24(22)25/h2-15,25H,16-17H2,1H3,(H,27,30)(H,28,29). The maximum atomic E-state index is 12.2. The fourth-order valence-electron chi connectivity index (χ4n) is 3.87. The molecule has 0 spiro atoms. The Bertz CT molecular complexity index is 1070. The van der Waals surface area contributed by atoms with Gasteiger partial charge in [0.25, 0.3) is 0 Å². The van der Waals surface area contributed by atoms with Gasteiger partial charge in [0.05, 0.1) is 0 Å². The number of nitrogens with one attached hydrogen (secondary N) is 2. The Morgan fingerprint density at radius 3 is 2.13 bits per heavy atom. The lowest BCUT2D eigenvalue weighted by Gasteiger charge is -2.14. The zero-order valence-electron chi connectivity index (χ0n) is 17.3. The lowest BCUT2D eigenvalue weighted by atomic mass is 9.98. The largest absolute Gasteiger partial charge is 0.449 e. The number of anilines is 1. The van der Waals surface area contributed by atoms with Crippen LogP contribution in [0.2, 0.25) is 0 Å². The van der Waals surface area contributed by atoms with Crippen molar-refractivity contribution in [3.63, 3.8) is 0 Å². The molecule has 2 amide bonds. The summed E-state index contributed by atoms with van der Waals surface area (Å²) in [6.45, 7) is 2.14. The number of hydrogen-bond donors (Lipinski definition) is 2. The summed E-state index contributed by atoms with van der Waals surface area (Å²) >= 11 is 0. The first-order valence-corrected chi connectivity index (χ1v) is 10.2. The van der Waals surface area contributed by atoms with Gasteiger partial charge in [-0.15, -0.1) is 0 Å². The van der Waals surface area contributed by atoms with E-state index in [1.807, 2.05) is 60.7 Å². The van der Waals surface area contributed by atoms with E-state index in [-0.39, 0.29) is 11.8 Å². The molecule has 0 unspecified atom stereocenters. The van der Waals surface area contributed by atoms with E-state index in [0.717, 1.165) is 11.3 Å².